The fraction of sp³-hybridized carbons (Fsp3) is 0.400. The minimum absolute atomic E-state index is 0.307. The summed E-state index contributed by atoms with van der Waals surface area (Å²) in [5.74, 6) is -0.307. The molecule has 7 heteroatoms. The third-order valence-electron chi connectivity index (χ3n) is 2.19. The lowest BCUT2D eigenvalue weighted by Gasteiger charge is -2.12. The molecule has 0 saturated carbocycles. The lowest BCUT2D eigenvalue weighted by Crippen LogP contribution is -2.23. The van der Waals surface area contributed by atoms with Gasteiger partial charge in [0.1, 0.15) is 0 Å². The molecule has 0 aliphatic rings. The molecule has 1 aromatic carbocycles. The largest absolute Gasteiger partial charge is 0.416 e. The zero-order valence-corrected chi connectivity index (χ0v) is 10.1. The van der Waals surface area contributed by atoms with E-state index in [2.05, 4.69) is 0 Å². The standard InChI is InChI=1S/C10H12F3NO2S/c1-14(2)17(15,16)7-8-3-5-9(6-4-8)10(11,12)13/h3-6H,7H2,1-2H3. The van der Waals surface area contributed by atoms with Crippen molar-refractivity contribution in [3.8, 4) is 0 Å². The molecule has 0 radical (unpaired) electrons. The summed E-state index contributed by atoms with van der Waals surface area (Å²) < 4.78 is 60.8. The third-order valence-corrected chi connectivity index (χ3v) is 4.00. The van der Waals surface area contributed by atoms with Gasteiger partial charge < -0.3 is 0 Å². The molecule has 0 atom stereocenters. The molecular weight excluding hydrogens is 255 g/mol. The van der Waals surface area contributed by atoms with E-state index in [1.807, 2.05) is 0 Å². The van der Waals surface area contributed by atoms with Crippen LogP contribution < -0.4 is 0 Å². The van der Waals surface area contributed by atoms with Gasteiger partial charge in [-0.1, -0.05) is 12.1 Å². The molecule has 3 nitrogen and oxygen atoms in total. The highest BCUT2D eigenvalue weighted by atomic mass is 32.2. The molecule has 0 unspecified atom stereocenters. The van der Waals surface area contributed by atoms with Crippen molar-refractivity contribution in [1.82, 2.24) is 4.31 Å². The quantitative estimate of drug-likeness (QED) is 0.841. The van der Waals surface area contributed by atoms with Gasteiger partial charge in [0.05, 0.1) is 11.3 Å². The molecule has 0 N–H and O–H groups in total. The molecule has 0 heterocycles. The Balaban J connectivity index is 2.91. The normalized spacial score (nSPS) is 13.1. The third kappa shape index (κ3) is 3.71. The maximum atomic E-state index is 12.3. The minimum Gasteiger partial charge on any atom is -0.212 e. The Morgan fingerprint density at radius 1 is 1.12 bits per heavy atom. The summed E-state index contributed by atoms with van der Waals surface area (Å²) in [7, 11) is -0.699. The first kappa shape index (κ1) is 14.0. The van der Waals surface area contributed by atoms with Gasteiger partial charge in [0, 0.05) is 14.1 Å². The van der Waals surface area contributed by atoms with Crippen LogP contribution in [0.15, 0.2) is 24.3 Å². The maximum Gasteiger partial charge on any atom is 0.416 e. The van der Waals surface area contributed by atoms with Crippen molar-refractivity contribution in [1.29, 1.82) is 0 Å². The van der Waals surface area contributed by atoms with E-state index in [1.165, 1.54) is 26.2 Å². The summed E-state index contributed by atoms with van der Waals surface area (Å²) in [5.41, 5.74) is -0.463. The average Bonchev–Trinajstić information content (AvgIpc) is 2.16. The molecule has 0 amide bonds. The second-order valence-electron chi connectivity index (χ2n) is 3.73. The first-order valence-corrected chi connectivity index (χ1v) is 6.30. The van der Waals surface area contributed by atoms with Crippen molar-refractivity contribution >= 4 is 10.0 Å². The number of halogens is 3. The molecule has 17 heavy (non-hydrogen) atoms. The molecule has 1 rings (SSSR count). The van der Waals surface area contributed by atoms with E-state index in [1.54, 1.807) is 0 Å². The summed E-state index contributed by atoms with van der Waals surface area (Å²) in [4.78, 5) is 0. The van der Waals surface area contributed by atoms with Crippen LogP contribution in [0.5, 0.6) is 0 Å². The second kappa shape index (κ2) is 4.66. The molecular formula is C10H12F3NO2S. The number of sulfonamides is 1. The van der Waals surface area contributed by atoms with E-state index in [9.17, 15) is 21.6 Å². The van der Waals surface area contributed by atoms with E-state index in [4.69, 9.17) is 0 Å². The number of hydrogen-bond donors (Lipinski definition) is 0. The average molecular weight is 267 g/mol. The van der Waals surface area contributed by atoms with Crippen LogP contribution in [0.1, 0.15) is 11.1 Å². The van der Waals surface area contributed by atoms with Crippen molar-refractivity contribution in [3.05, 3.63) is 35.4 Å². The Morgan fingerprint density at radius 2 is 1.59 bits per heavy atom. The fourth-order valence-corrected chi connectivity index (χ4v) is 2.00. The van der Waals surface area contributed by atoms with Crippen LogP contribution >= 0.6 is 0 Å². The van der Waals surface area contributed by atoms with Crippen LogP contribution in [0.25, 0.3) is 0 Å². The van der Waals surface area contributed by atoms with Crippen molar-refractivity contribution < 1.29 is 21.6 Å². The Kier molecular flexibility index (Phi) is 3.83. The number of hydrogen-bond acceptors (Lipinski definition) is 2. The summed E-state index contributed by atoms with van der Waals surface area (Å²) in [6, 6.07) is 4.09. The van der Waals surface area contributed by atoms with E-state index in [0.29, 0.717) is 5.56 Å². The molecule has 0 saturated heterocycles. The zero-order valence-electron chi connectivity index (χ0n) is 9.32. The smallest absolute Gasteiger partial charge is 0.212 e. The number of benzene rings is 1. The van der Waals surface area contributed by atoms with Gasteiger partial charge in [-0.3, -0.25) is 0 Å². The van der Waals surface area contributed by atoms with Gasteiger partial charge in [0.15, 0.2) is 0 Å². The fourth-order valence-electron chi connectivity index (χ4n) is 1.13. The lowest BCUT2D eigenvalue weighted by atomic mass is 10.1. The number of alkyl halides is 3. The van der Waals surface area contributed by atoms with Crippen LogP contribution in [0.2, 0.25) is 0 Å². The van der Waals surface area contributed by atoms with Crippen LogP contribution in [0.4, 0.5) is 13.2 Å². The number of rotatable bonds is 3. The molecule has 96 valence electrons. The van der Waals surface area contributed by atoms with Gasteiger partial charge in [0.25, 0.3) is 0 Å². The van der Waals surface area contributed by atoms with E-state index in [0.717, 1.165) is 16.4 Å². The zero-order chi connectivity index (χ0) is 13.3. The minimum atomic E-state index is -4.40. The second-order valence-corrected chi connectivity index (χ2v) is 5.92. The van der Waals surface area contributed by atoms with Gasteiger partial charge in [-0.2, -0.15) is 13.2 Å². The van der Waals surface area contributed by atoms with Gasteiger partial charge in [-0.15, -0.1) is 0 Å². The molecule has 0 bridgehead atoms. The van der Waals surface area contributed by atoms with Gasteiger partial charge >= 0.3 is 6.18 Å². The van der Waals surface area contributed by atoms with Gasteiger partial charge in [0.2, 0.25) is 10.0 Å². The molecule has 1 aromatic rings. The summed E-state index contributed by atoms with van der Waals surface area (Å²) in [6.45, 7) is 0. The predicted molar refractivity (Wildman–Crippen MR) is 57.8 cm³/mol. The van der Waals surface area contributed by atoms with E-state index >= 15 is 0 Å². The predicted octanol–water partition coefficient (Wildman–Crippen LogP) is 2.10. The van der Waals surface area contributed by atoms with Crippen LogP contribution in [0, 0.1) is 0 Å². The maximum absolute atomic E-state index is 12.3. The lowest BCUT2D eigenvalue weighted by molar-refractivity contribution is -0.137. The summed E-state index contributed by atoms with van der Waals surface area (Å²) in [6.07, 6.45) is -4.40. The Bertz CT molecular complexity index is 477. The highest BCUT2D eigenvalue weighted by molar-refractivity contribution is 7.88. The van der Waals surface area contributed by atoms with Crippen molar-refractivity contribution in [2.24, 2.45) is 0 Å². The van der Waals surface area contributed by atoms with Crippen LogP contribution in [-0.4, -0.2) is 26.8 Å². The monoisotopic (exact) mass is 267 g/mol. The Hall–Kier alpha value is -1.08. The SMILES string of the molecule is CN(C)S(=O)(=O)Cc1ccc(C(F)(F)F)cc1. The van der Waals surface area contributed by atoms with Crippen molar-refractivity contribution in [3.63, 3.8) is 0 Å². The first-order chi connectivity index (χ1) is 7.63. The molecule has 0 fully saturated rings. The van der Waals surface area contributed by atoms with Gasteiger partial charge in [-0.05, 0) is 17.7 Å². The van der Waals surface area contributed by atoms with E-state index in [-0.39, 0.29) is 5.75 Å². The first-order valence-electron chi connectivity index (χ1n) is 4.69. The highest BCUT2D eigenvalue weighted by Crippen LogP contribution is 2.29. The molecule has 0 spiro atoms. The van der Waals surface area contributed by atoms with Crippen LogP contribution in [0.3, 0.4) is 0 Å². The molecule has 0 aromatic heterocycles. The van der Waals surface area contributed by atoms with Crippen molar-refractivity contribution in [2.45, 2.75) is 11.9 Å². The number of nitrogens with zero attached hydrogens (tertiary/aromatic N) is 1. The molecule has 0 aliphatic heterocycles. The summed E-state index contributed by atoms with van der Waals surface area (Å²) in [5, 5.41) is 0. The summed E-state index contributed by atoms with van der Waals surface area (Å²) >= 11 is 0. The Labute approximate surface area is 97.9 Å². The van der Waals surface area contributed by atoms with Gasteiger partial charge in [-0.25, -0.2) is 12.7 Å². The highest BCUT2D eigenvalue weighted by Gasteiger charge is 2.30. The van der Waals surface area contributed by atoms with Crippen LogP contribution in [-0.2, 0) is 22.0 Å². The molecule has 0 aliphatic carbocycles. The Morgan fingerprint density at radius 3 is 1.94 bits per heavy atom. The van der Waals surface area contributed by atoms with Crippen molar-refractivity contribution in [2.75, 3.05) is 14.1 Å². The van der Waals surface area contributed by atoms with E-state index < -0.39 is 21.8 Å². The topological polar surface area (TPSA) is 37.4 Å².